The zero-order chi connectivity index (χ0) is 16.2. The van der Waals surface area contributed by atoms with E-state index >= 15 is 0 Å². The number of rotatable bonds is 3. The number of anilines is 2. The molecule has 3 rings (SSSR count). The Labute approximate surface area is 136 Å². The molecule has 1 atom stereocenters. The van der Waals surface area contributed by atoms with Gasteiger partial charge < -0.3 is 14.5 Å². The second-order valence-electron chi connectivity index (χ2n) is 5.65. The van der Waals surface area contributed by atoms with Crippen molar-refractivity contribution in [3.63, 3.8) is 0 Å². The number of hydrogen-bond donors (Lipinski definition) is 0. The molecule has 118 valence electrons. The minimum atomic E-state index is -0.0192. The first-order valence-electron chi connectivity index (χ1n) is 7.54. The Hall–Kier alpha value is -2.65. The van der Waals surface area contributed by atoms with Crippen molar-refractivity contribution < 1.29 is 4.74 Å². The fourth-order valence-electron chi connectivity index (χ4n) is 2.56. The second-order valence-corrected chi connectivity index (χ2v) is 5.65. The van der Waals surface area contributed by atoms with Crippen LogP contribution in [0.4, 0.5) is 11.8 Å². The first-order chi connectivity index (χ1) is 11.2. The number of nitrogens with zero attached hydrogens (tertiary/aromatic N) is 5. The molecule has 0 radical (unpaired) electrons. The highest BCUT2D eigenvalue weighted by Gasteiger charge is 2.23. The van der Waals surface area contributed by atoms with E-state index in [4.69, 9.17) is 10.00 Å². The molecule has 1 aromatic heterocycles. The van der Waals surface area contributed by atoms with Crippen molar-refractivity contribution in [1.29, 1.82) is 5.26 Å². The summed E-state index contributed by atoms with van der Waals surface area (Å²) in [4.78, 5) is 13.0. The zero-order valence-electron chi connectivity index (χ0n) is 13.3. The van der Waals surface area contributed by atoms with Gasteiger partial charge in [-0.15, -0.1) is 0 Å². The standard InChI is InChI=1S/C17H19N5O/c1-21(2)17-19-8-7-16(20-17)22-9-10-23-15(12-22)14-5-3-13(11-18)4-6-14/h3-8,15H,9-10,12H2,1-2H3. The van der Waals surface area contributed by atoms with E-state index in [1.54, 1.807) is 6.20 Å². The maximum atomic E-state index is 8.89. The lowest BCUT2D eigenvalue weighted by Gasteiger charge is -2.34. The molecule has 1 saturated heterocycles. The molecule has 0 bridgehead atoms. The molecule has 23 heavy (non-hydrogen) atoms. The van der Waals surface area contributed by atoms with E-state index in [1.807, 2.05) is 49.3 Å². The third-order valence-corrected chi connectivity index (χ3v) is 3.83. The summed E-state index contributed by atoms with van der Waals surface area (Å²) >= 11 is 0. The van der Waals surface area contributed by atoms with Crippen LogP contribution in [0.25, 0.3) is 0 Å². The highest BCUT2D eigenvalue weighted by Crippen LogP contribution is 2.25. The quantitative estimate of drug-likeness (QED) is 0.864. The van der Waals surface area contributed by atoms with Gasteiger partial charge in [-0.05, 0) is 23.8 Å². The molecule has 0 saturated carbocycles. The van der Waals surface area contributed by atoms with Crippen molar-refractivity contribution in [2.75, 3.05) is 43.6 Å². The van der Waals surface area contributed by atoms with Crippen LogP contribution in [0, 0.1) is 11.3 Å². The fraction of sp³-hybridized carbons (Fsp3) is 0.353. The Morgan fingerprint density at radius 1 is 1.26 bits per heavy atom. The molecule has 0 aliphatic carbocycles. The van der Waals surface area contributed by atoms with Gasteiger partial charge in [0.15, 0.2) is 0 Å². The topological polar surface area (TPSA) is 65.3 Å². The van der Waals surface area contributed by atoms with Crippen LogP contribution in [-0.2, 0) is 4.74 Å². The van der Waals surface area contributed by atoms with E-state index < -0.39 is 0 Å². The molecule has 1 fully saturated rings. The number of nitriles is 1. The van der Waals surface area contributed by atoms with Gasteiger partial charge in [-0.25, -0.2) is 4.98 Å². The highest BCUT2D eigenvalue weighted by molar-refractivity contribution is 5.44. The van der Waals surface area contributed by atoms with E-state index in [2.05, 4.69) is 20.9 Å². The maximum absolute atomic E-state index is 8.89. The highest BCUT2D eigenvalue weighted by atomic mass is 16.5. The summed E-state index contributed by atoms with van der Waals surface area (Å²) in [5.41, 5.74) is 1.74. The number of hydrogen-bond acceptors (Lipinski definition) is 6. The molecule has 0 amide bonds. The van der Waals surface area contributed by atoms with Crippen LogP contribution < -0.4 is 9.80 Å². The van der Waals surface area contributed by atoms with Crippen molar-refractivity contribution in [2.24, 2.45) is 0 Å². The maximum Gasteiger partial charge on any atom is 0.226 e. The lowest BCUT2D eigenvalue weighted by molar-refractivity contribution is 0.0395. The predicted octanol–water partition coefficient (Wildman–Crippen LogP) is 1.99. The van der Waals surface area contributed by atoms with Crippen molar-refractivity contribution >= 4 is 11.8 Å². The van der Waals surface area contributed by atoms with Gasteiger partial charge in [0.2, 0.25) is 5.95 Å². The van der Waals surface area contributed by atoms with Crippen molar-refractivity contribution in [1.82, 2.24) is 9.97 Å². The lowest BCUT2D eigenvalue weighted by atomic mass is 10.1. The summed E-state index contributed by atoms with van der Waals surface area (Å²) in [6.45, 7) is 2.18. The zero-order valence-corrected chi connectivity index (χ0v) is 13.3. The monoisotopic (exact) mass is 309 g/mol. The fourth-order valence-corrected chi connectivity index (χ4v) is 2.56. The Morgan fingerprint density at radius 2 is 2.04 bits per heavy atom. The first kappa shape index (κ1) is 15.3. The third-order valence-electron chi connectivity index (χ3n) is 3.83. The van der Waals surface area contributed by atoms with Gasteiger partial charge in [0, 0.05) is 33.4 Å². The van der Waals surface area contributed by atoms with Crippen LogP contribution in [0.3, 0.4) is 0 Å². The molecule has 1 unspecified atom stereocenters. The van der Waals surface area contributed by atoms with Crippen LogP contribution in [0.1, 0.15) is 17.2 Å². The van der Waals surface area contributed by atoms with Crippen LogP contribution in [0.5, 0.6) is 0 Å². The first-order valence-corrected chi connectivity index (χ1v) is 7.54. The molecule has 1 aliphatic rings. The Balaban J connectivity index is 1.77. The van der Waals surface area contributed by atoms with Gasteiger partial charge in [0.25, 0.3) is 0 Å². The molecule has 1 aliphatic heterocycles. The number of morpholine rings is 1. The van der Waals surface area contributed by atoms with E-state index in [-0.39, 0.29) is 6.10 Å². The summed E-state index contributed by atoms with van der Waals surface area (Å²) in [5, 5.41) is 8.89. The van der Waals surface area contributed by atoms with E-state index in [1.165, 1.54) is 0 Å². The molecule has 2 heterocycles. The van der Waals surface area contributed by atoms with Crippen LogP contribution in [0.15, 0.2) is 36.5 Å². The van der Waals surface area contributed by atoms with Crippen LogP contribution in [0.2, 0.25) is 0 Å². The smallest absolute Gasteiger partial charge is 0.226 e. The number of ether oxygens (including phenoxy) is 1. The molecule has 0 spiro atoms. The van der Waals surface area contributed by atoms with Gasteiger partial charge in [-0.1, -0.05) is 12.1 Å². The van der Waals surface area contributed by atoms with E-state index in [0.717, 1.165) is 24.5 Å². The van der Waals surface area contributed by atoms with E-state index in [9.17, 15) is 0 Å². The van der Waals surface area contributed by atoms with E-state index in [0.29, 0.717) is 18.1 Å². The normalized spacial score (nSPS) is 17.6. The Kier molecular flexibility index (Phi) is 4.40. The van der Waals surface area contributed by atoms with Gasteiger partial charge in [-0.2, -0.15) is 10.2 Å². The summed E-state index contributed by atoms with van der Waals surface area (Å²) in [5.74, 6) is 1.61. The van der Waals surface area contributed by atoms with Gasteiger partial charge in [0.1, 0.15) is 11.9 Å². The van der Waals surface area contributed by atoms with Crippen molar-refractivity contribution in [2.45, 2.75) is 6.10 Å². The lowest BCUT2D eigenvalue weighted by Crippen LogP contribution is -2.39. The molecule has 6 nitrogen and oxygen atoms in total. The molecule has 0 N–H and O–H groups in total. The molecule has 1 aromatic carbocycles. The van der Waals surface area contributed by atoms with Gasteiger partial charge >= 0.3 is 0 Å². The SMILES string of the molecule is CN(C)c1nccc(N2CCOC(c3ccc(C#N)cc3)C2)n1. The predicted molar refractivity (Wildman–Crippen MR) is 88.4 cm³/mol. The largest absolute Gasteiger partial charge is 0.370 e. The summed E-state index contributed by atoms with van der Waals surface area (Å²) in [7, 11) is 3.86. The minimum absolute atomic E-state index is 0.0192. The Bertz CT molecular complexity index is 708. The summed E-state index contributed by atoms with van der Waals surface area (Å²) in [6, 6.07) is 11.6. The summed E-state index contributed by atoms with van der Waals surface area (Å²) < 4.78 is 5.89. The summed E-state index contributed by atoms with van der Waals surface area (Å²) in [6.07, 6.45) is 1.76. The average Bonchev–Trinajstić information content (AvgIpc) is 2.62. The average molecular weight is 309 g/mol. The molecular formula is C17H19N5O. The molecular weight excluding hydrogens is 290 g/mol. The Morgan fingerprint density at radius 3 is 2.74 bits per heavy atom. The van der Waals surface area contributed by atoms with Gasteiger partial charge in [-0.3, -0.25) is 0 Å². The van der Waals surface area contributed by atoms with Crippen molar-refractivity contribution in [3.05, 3.63) is 47.7 Å². The molecule has 6 heteroatoms. The minimum Gasteiger partial charge on any atom is -0.370 e. The number of benzene rings is 1. The third kappa shape index (κ3) is 3.41. The second kappa shape index (κ2) is 6.63. The van der Waals surface area contributed by atoms with Crippen LogP contribution >= 0.6 is 0 Å². The number of aromatic nitrogens is 2. The molecule has 2 aromatic rings. The van der Waals surface area contributed by atoms with Gasteiger partial charge in [0.05, 0.1) is 18.2 Å². The van der Waals surface area contributed by atoms with Crippen LogP contribution in [-0.4, -0.2) is 43.8 Å². The van der Waals surface area contributed by atoms with Crippen molar-refractivity contribution in [3.8, 4) is 6.07 Å².